The predicted molar refractivity (Wildman–Crippen MR) is 157 cm³/mol. The molecule has 10 nitrogen and oxygen atoms in total. The van der Waals surface area contributed by atoms with E-state index in [1.807, 2.05) is 10.8 Å². The maximum Gasteiger partial charge on any atom is 0.408 e. The van der Waals surface area contributed by atoms with E-state index in [2.05, 4.69) is 35.1 Å². The second kappa shape index (κ2) is 11.1. The first-order valence-corrected chi connectivity index (χ1v) is 15.5. The van der Waals surface area contributed by atoms with Crippen LogP contribution in [0, 0.1) is 5.92 Å². The van der Waals surface area contributed by atoms with Crippen LogP contribution < -0.4 is 10.2 Å². The summed E-state index contributed by atoms with van der Waals surface area (Å²) in [6, 6.07) is 0.00258. The van der Waals surface area contributed by atoms with Crippen LogP contribution >= 0.6 is 11.3 Å². The van der Waals surface area contributed by atoms with Crippen LogP contribution in [-0.4, -0.2) is 78.8 Å². The number of thiazole rings is 1. The molecule has 5 heterocycles. The van der Waals surface area contributed by atoms with Gasteiger partial charge in [0.05, 0.1) is 29.6 Å². The minimum atomic E-state index is -4.43. The van der Waals surface area contributed by atoms with E-state index >= 15 is 0 Å². The molecule has 43 heavy (non-hydrogen) atoms. The fraction of sp³-hybridized carbons (Fsp3) is 0.483. The van der Waals surface area contributed by atoms with Crippen LogP contribution in [0.4, 0.5) is 24.7 Å². The topological polar surface area (TPSA) is 97.0 Å². The summed E-state index contributed by atoms with van der Waals surface area (Å²) in [5.74, 6) is 1.19. The van der Waals surface area contributed by atoms with Gasteiger partial charge in [0.25, 0.3) is 5.91 Å². The van der Waals surface area contributed by atoms with Crippen molar-refractivity contribution in [2.24, 2.45) is 5.92 Å². The van der Waals surface area contributed by atoms with E-state index in [0.717, 1.165) is 84.8 Å². The molecule has 7 rings (SSSR count). The SMILES string of the molecule is C[C@H](n1ccnc1-c1nc(NC(=O)c2cc(-n3cnc(C4CC4)c3)c(N3CCN(CC4CC4)CC3)cn2)cs1)C(F)(F)F. The Morgan fingerprint density at radius 1 is 1.09 bits per heavy atom. The van der Waals surface area contributed by atoms with Crippen molar-refractivity contribution in [1.29, 1.82) is 0 Å². The highest BCUT2D eigenvalue weighted by Gasteiger charge is 2.38. The van der Waals surface area contributed by atoms with Gasteiger partial charge in [-0.2, -0.15) is 13.2 Å². The zero-order chi connectivity index (χ0) is 29.7. The van der Waals surface area contributed by atoms with Crippen LogP contribution in [0.2, 0.25) is 0 Å². The Morgan fingerprint density at radius 3 is 2.60 bits per heavy atom. The molecule has 0 radical (unpaired) electrons. The Balaban J connectivity index is 1.11. The number of carbonyl (C=O) groups is 1. The molecule has 2 aliphatic carbocycles. The van der Waals surface area contributed by atoms with E-state index in [0.29, 0.717) is 5.92 Å². The molecule has 0 aromatic carbocycles. The molecule has 3 fully saturated rings. The lowest BCUT2D eigenvalue weighted by Crippen LogP contribution is -2.47. The lowest BCUT2D eigenvalue weighted by Gasteiger charge is -2.36. The number of hydrogen-bond donors (Lipinski definition) is 1. The van der Waals surface area contributed by atoms with Crippen LogP contribution in [0.3, 0.4) is 0 Å². The average Bonchev–Trinajstić information content (AvgIpc) is 3.84. The third kappa shape index (κ3) is 6.03. The molecule has 2 saturated carbocycles. The maximum absolute atomic E-state index is 13.3. The summed E-state index contributed by atoms with van der Waals surface area (Å²) in [4.78, 5) is 35.8. The van der Waals surface area contributed by atoms with Crippen LogP contribution in [0.25, 0.3) is 16.5 Å². The number of aromatic nitrogens is 6. The van der Waals surface area contributed by atoms with Gasteiger partial charge in [0.15, 0.2) is 10.8 Å². The number of nitrogens with zero attached hydrogens (tertiary/aromatic N) is 8. The van der Waals surface area contributed by atoms with Crippen LogP contribution in [0.15, 0.2) is 42.6 Å². The summed E-state index contributed by atoms with van der Waals surface area (Å²) >= 11 is 1.11. The summed E-state index contributed by atoms with van der Waals surface area (Å²) in [6.45, 7) is 5.97. The molecule has 0 bridgehead atoms. The lowest BCUT2D eigenvalue weighted by molar-refractivity contribution is -0.162. The highest BCUT2D eigenvalue weighted by atomic mass is 32.1. The van der Waals surface area contributed by atoms with Gasteiger partial charge in [-0.25, -0.2) is 19.9 Å². The molecule has 4 aromatic heterocycles. The number of halogens is 3. The van der Waals surface area contributed by atoms with Gasteiger partial charge >= 0.3 is 6.18 Å². The third-order valence-corrected chi connectivity index (χ3v) is 9.23. The van der Waals surface area contributed by atoms with Crippen molar-refractivity contribution in [2.75, 3.05) is 42.9 Å². The Bertz CT molecular complexity index is 1610. The van der Waals surface area contributed by atoms with Gasteiger partial charge < -0.3 is 19.4 Å². The number of piperazine rings is 1. The van der Waals surface area contributed by atoms with E-state index in [-0.39, 0.29) is 22.3 Å². The largest absolute Gasteiger partial charge is 0.408 e. The van der Waals surface area contributed by atoms with Crippen molar-refractivity contribution in [3.63, 3.8) is 0 Å². The molecule has 4 aromatic rings. The molecule has 1 saturated heterocycles. The molecular weight excluding hydrogens is 579 g/mol. The molecule has 0 unspecified atom stereocenters. The summed E-state index contributed by atoms with van der Waals surface area (Å²) in [6.07, 6.45) is 8.70. The van der Waals surface area contributed by atoms with E-state index in [1.165, 1.54) is 31.8 Å². The lowest BCUT2D eigenvalue weighted by atomic mass is 10.2. The number of hydrogen-bond acceptors (Lipinski definition) is 8. The molecule has 0 spiro atoms. The Kier molecular flexibility index (Phi) is 7.20. The molecule has 226 valence electrons. The fourth-order valence-electron chi connectivity index (χ4n) is 5.47. The van der Waals surface area contributed by atoms with Crippen molar-refractivity contribution in [1.82, 2.24) is 34.0 Å². The number of imidazole rings is 2. The summed E-state index contributed by atoms with van der Waals surface area (Å²) in [5.41, 5.74) is 3.03. The average molecular weight is 612 g/mol. The second-order valence-corrected chi connectivity index (χ2v) is 12.5. The summed E-state index contributed by atoms with van der Waals surface area (Å²) in [7, 11) is 0. The predicted octanol–water partition coefficient (Wildman–Crippen LogP) is 5.37. The van der Waals surface area contributed by atoms with Crippen molar-refractivity contribution < 1.29 is 18.0 Å². The van der Waals surface area contributed by atoms with Crippen molar-refractivity contribution in [3.05, 3.63) is 53.9 Å². The molecule has 14 heteroatoms. The standard InChI is InChI=1S/C29H32F3N9OS/c1-18(29(30,31)32)41-7-6-33-26(41)28-37-25(16-43-28)36-27(42)21-12-23(40-15-22(35-17-40)20-4-5-20)24(13-34-21)39-10-8-38(9-11-39)14-19-2-3-19/h6-7,12-13,15-20H,2-5,8-11,14H2,1H3,(H,36,42)/t18-/m0/s1. The molecular formula is C29H32F3N9OS. The third-order valence-electron chi connectivity index (χ3n) is 8.39. The first-order chi connectivity index (χ1) is 20.7. The smallest absolute Gasteiger partial charge is 0.366 e. The van der Waals surface area contributed by atoms with E-state index < -0.39 is 18.1 Å². The number of pyridine rings is 1. The molecule has 1 amide bonds. The number of carbonyl (C=O) groups excluding carboxylic acids is 1. The first kappa shape index (κ1) is 28.0. The van der Waals surface area contributed by atoms with Crippen LogP contribution in [-0.2, 0) is 0 Å². The zero-order valence-electron chi connectivity index (χ0n) is 23.7. The monoisotopic (exact) mass is 611 g/mol. The minimum Gasteiger partial charge on any atom is -0.366 e. The Hall–Kier alpha value is -3.78. The van der Waals surface area contributed by atoms with Gasteiger partial charge in [-0.1, -0.05) is 0 Å². The van der Waals surface area contributed by atoms with Gasteiger partial charge in [-0.15, -0.1) is 11.3 Å². The van der Waals surface area contributed by atoms with Gasteiger partial charge in [0.1, 0.15) is 17.6 Å². The maximum atomic E-state index is 13.3. The van der Waals surface area contributed by atoms with E-state index in [4.69, 9.17) is 0 Å². The quantitative estimate of drug-likeness (QED) is 0.272. The number of alkyl halides is 3. The Labute approximate surface area is 250 Å². The highest BCUT2D eigenvalue weighted by molar-refractivity contribution is 7.13. The normalized spacial score (nSPS) is 18.7. The number of rotatable bonds is 9. The van der Waals surface area contributed by atoms with Gasteiger partial charge in [0.2, 0.25) is 0 Å². The molecule has 1 aliphatic heterocycles. The second-order valence-electron chi connectivity index (χ2n) is 11.6. The minimum absolute atomic E-state index is 0.0869. The number of amides is 1. The first-order valence-electron chi connectivity index (χ1n) is 14.6. The summed E-state index contributed by atoms with van der Waals surface area (Å²) in [5, 5.41) is 4.61. The van der Waals surface area contributed by atoms with Crippen molar-refractivity contribution >= 4 is 28.7 Å². The van der Waals surface area contributed by atoms with Crippen molar-refractivity contribution in [3.8, 4) is 16.5 Å². The van der Waals surface area contributed by atoms with Crippen molar-refractivity contribution in [2.45, 2.75) is 50.7 Å². The van der Waals surface area contributed by atoms with Gasteiger partial charge in [0, 0.05) is 62.6 Å². The van der Waals surface area contributed by atoms with E-state index in [9.17, 15) is 18.0 Å². The fourth-order valence-corrected chi connectivity index (χ4v) is 6.22. The Morgan fingerprint density at radius 2 is 1.88 bits per heavy atom. The van der Waals surface area contributed by atoms with Gasteiger partial charge in [-0.3, -0.25) is 9.69 Å². The molecule has 1 atom stereocenters. The summed E-state index contributed by atoms with van der Waals surface area (Å²) < 4.78 is 43.0. The van der Waals surface area contributed by atoms with Crippen LogP contribution in [0.1, 0.15) is 60.7 Å². The number of anilines is 2. The number of nitrogens with one attached hydrogen (secondary N) is 1. The zero-order valence-corrected chi connectivity index (χ0v) is 24.5. The molecule has 3 aliphatic rings. The van der Waals surface area contributed by atoms with Crippen LogP contribution in [0.5, 0.6) is 0 Å². The van der Waals surface area contributed by atoms with E-state index in [1.54, 1.807) is 24.0 Å². The van der Waals surface area contributed by atoms with Gasteiger partial charge in [-0.05, 0) is 44.6 Å². The molecule has 1 N–H and O–H groups in total. The highest BCUT2D eigenvalue weighted by Crippen LogP contribution is 2.40.